The quantitative estimate of drug-likeness (QED) is 0.0774. The Morgan fingerprint density at radius 2 is 1.81 bits per heavy atom. The van der Waals surface area contributed by atoms with Crippen molar-refractivity contribution in [1.29, 1.82) is 0 Å². The number of nitrogens with zero attached hydrogens (tertiary/aromatic N) is 3. The van der Waals surface area contributed by atoms with Crippen LogP contribution in [0.4, 0.5) is 11.4 Å². The maximum Gasteiger partial charge on any atom is 0.293 e. The minimum Gasteiger partial charge on any atom is -0.455 e. The minimum atomic E-state index is -4.53. The molecule has 0 spiro atoms. The van der Waals surface area contributed by atoms with Gasteiger partial charge in [-0.25, -0.2) is 18.1 Å². The number of H-pyrrole nitrogens is 1. The highest BCUT2D eigenvalue weighted by Crippen LogP contribution is 2.43. The van der Waals surface area contributed by atoms with Gasteiger partial charge in [-0.2, -0.15) is 0 Å². The summed E-state index contributed by atoms with van der Waals surface area (Å²) in [5.74, 6) is 0.173. The van der Waals surface area contributed by atoms with Crippen LogP contribution in [-0.2, 0) is 21.2 Å². The molecule has 13 nitrogen and oxygen atoms in total. The molecule has 3 aromatic carbocycles. The summed E-state index contributed by atoms with van der Waals surface area (Å²) < 4.78 is 41.2. The zero-order chi connectivity index (χ0) is 40.2. The van der Waals surface area contributed by atoms with Gasteiger partial charge in [-0.1, -0.05) is 37.3 Å². The first-order valence-corrected chi connectivity index (χ1v) is 21.9. The van der Waals surface area contributed by atoms with Gasteiger partial charge in [0.25, 0.3) is 21.6 Å². The van der Waals surface area contributed by atoms with E-state index in [0.29, 0.717) is 43.2 Å². The van der Waals surface area contributed by atoms with Gasteiger partial charge in [0.15, 0.2) is 0 Å². The first-order valence-electron chi connectivity index (χ1n) is 20.4. The highest BCUT2D eigenvalue weighted by molar-refractivity contribution is 7.90. The Kier molecular flexibility index (Phi) is 11.8. The van der Waals surface area contributed by atoms with E-state index >= 15 is 0 Å². The monoisotopic (exact) mass is 806 g/mol. The van der Waals surface area contributed by atoms with E-state index in [1.54, 1.807) is 24.5 Å². The molecule has 1 atom stereocenters. The van der Waals surface area contributed by atoms with Crippen LogP contribution in [0.1, 0.15) is 97.3 Å². The second-order valence-corrected chi connectivity index (χ2v) is 17.4. The number of hydrogen-bond donors (Lipinski definition) is 3. The number of anilines is 1. The summed E-state index contributed by atoms with van der Waals surface area (Å²) in [5.41, 5.74) is 4.39. The van der Waals surface area contributed by atoms with Gasteiger partial charge in [0.2, 0.25) is 0 Å². The predicted molar refractivity (Wildman–Crippen MR) is 222 cm³/mol. The summed E-state index contributed by atoms with van der Waals surface area (Å²) in [7, 11) is -4.53. The lowest BCUT2D eigenvalue weighted by Crippen LogP contribution is -2.37. The third-order valence-corrected chi connectivity index (χ3v) is 13.5. The molecule has 0 unspecified atom stereocenters. The SMILES string of the molecule is CCc1ccccc1[C@H]1CCCN1C1CCC(c2ccc(C(=O)NS(=O)(=O)c3ccc(NCC4CCOCC4)c([N+](=O)[O-])c3)c(Oc3cnc4[nH]ccc4c3)c2)CC1. The van der Waals surface area contributed by atoms with E-state index in [1.165, 1.54) is 36.1 Å². The highest BCUT2D eigenvalue weighted by atomic mass is 32.2. The van der Waals surface area contributed by atoms with Crippen LogP contribution in [0.5, 0.6) is 11.5 Å². The largest absolute Gasteiger partial charge is 0.455 e. The van der Waals surface area contributed by atoms with Crippen LogP contribution in [-0.4, -0.2) is 66.5 Å². The topological polar surface area (TPSA) is 169 Å². The van der Waals surface area contributed by atoms with E-state index in [0.717, 1.165) is 68.5 Å². The normalized spacial score (nSPS) is 20.5. The van der Waals surface area contributed by atoms with E-state index in [-0.39, 0.29) is 28.8 Å². The number of likely N-dealkylation sites (tertiary alicyclic amines) is 1. The summed E-state index contributed by atoms with van der Waals surface area (Å²) >= 11 is 0. The van der Waals surface area contributed by atoms with Gasteiger partial charge in [0.05, 0.1) is 21.6 Å². The molecule has 1 amide bonds. The Morgan fingerprint density at radius 1 is 1.00 bits per heavy atom. The van der Waals surface area contributed by atoms with Gasteiger partial charge in [0, 0.05) is 49.5 Å². The molecule has 3 fully saturated rings. The van der Waals surface area contributed by atoms with Crippen molar-refractivity contribution < 1.29 is 27.6 Å². The number of carbonyl (C=O) groups is 1. The molecular formula is C44H50N6O7S. The summed E-state index contributed by atoms with van der Waals surface area (Å²) in [4.78, 5) is 35.1. The van der Waals surface area contributed by atoms with Crippen LogP contribution in [0.3, 0.4) is 0 Å². The summed E-state index contributed by atoms with van der Waals surface area (Å²) in [6, 6.07) is 22.4. The number of aromatic nitrogens is 2. The molecule has 8 rings (SSSR count). The van der Waals surface area contributed by atoms with Gasteiger partial charge >= 0.3 is 0 Å². The van der Waals surface area contributed by atoms with Crippen molar-refractivity contribution in [3.63, 3.8) is 0 Å². The summed E-state index contributed by atoms with van der Waals surface area (Å²) in [5, 5.41) is 16.0. The summed E-state index contributed by atoms with van der Waals surface area (Å²) in [6.07, 6.45) is 12.4. The Morgan fingerprint density at radius 3 is 2.60 bits per heavy atom. The fraction of sp³-hybridized carbons (Fsp3) is 0.409. The second-order valence-electron chi connectivity index (χ2n) is 15.7. The number of ether oxygens (including phenoxy) is 2. The van der Waals surface area contributed by atoms with Crippen molar-refractivity contribution >= 4 is 38.3 Å². The van der Waals surface area contributed by atoms with Crippen LogP contribution in [0.2, 0.25) is 0 Å². The number of carbonyl (C=O) groups excluding carboxylic acids is 1. The lowest BCUT2D eigenvalue weighted by molar-refractivity contribution is -0.384. The van der Waals surface area contributed by atoms with Gasteiger partial charge in [-0.3, -0.25) is 19.8 Å². The predicted octanol–water partition coefficient (Wildman–Crippen LogP) is 8.65. The number of nitro benzene ring substituents is 1. The number of fused-ring (bicyclic) bond motifs is 1. The smallest absolute Gasteiger partial charge is 0.293 e. The van der Waals surface area contributed by atoms with Crippen molar-refractivity contribution in [2.24, 2.45) is 5.92 Å². The Labute approximate surface area is 338 Å². The van der Waals surface area contributed by atoms with E-state index in [2.05, 4.69) is 56.1 Å². The van der Waals surface area contributed by atoms with Crippen molar-refractivity contribution in [3.8, 4) is 11.5 Å². The van der Waals surface area contributed by atoms with Crippen LogP contribution >= 0.6 is 0 Å². The molecule has 304 valence electrons. The summed E-state index contributed by atoms with van der Waals surface area (Å²) in [6.45, 7) is 5.09. The zero-order valence-electron chi connectivity index (χ0n) is 32.7. The molecule has 5 aromatic rings. The van der Waals surface area contributed by atoms with Crippen molar-refractivity contribution in [2.45, 2.75) is 87.6 Å². The third-order valence-electron chi connectivity index (χ3n) is 12.2. The first kappa shape index (κ1) is 39.5. The van der Waals surface area contributed by atoms with Gasteiger partial charge in [-0.15, -0.1) is 0 Å². The van der Waals surface area contributed by atoms with E-state index in [1.807, 2.05) is 18.2 Å². The standard InChI is InChI=1S/C44H50N6O7S/c1-2-30-6-3-4-7-37(30)40-8-5-21-49(40)34-12-9-31(10-13-34)32-11-15-38(42(25-32)57-35-24-33-17-20-45-43(33)47-28-35)44(51)48-58(54,55)36-14-16-39(41(26-36)50(52)53)46-27-29-18-22-56-23-19-29/h3-4,6-7,11,14-17,20,24-26,28-29,31,34,40,46H,2,5,8-10,12-13,18-19,21-23,27H2,1H3,(H,45,47)(H,48,51)/t31?,34?,40-/m1/s1. The maximum atomic E-state index is 13.9. The number of benzene rings is 3. The lowest BCUT2D eigenvalue weighted by Gasteiger charge is -2.39. The van der Waals surface area contributed by atoms with Crippen LogP contribution in [0.15, 0.2) is 90.1 Å². The highest BCUT2D eigenvalue weighted by Gasteiger charge is 2.35. The van der Waals surface area contributed by atoms with Crippen LogP contribution in [0.25, 0.3) is 11.0 Å². The molecular weight excluding hydrogens is 757 g/mol. The van der Waals surface area contributed by atoms with Crippen molar-refractivity contribution in [2.75, 3.05) is 31.6 Å². The zero-order valence-corrected chi connectivity index (χ0v) is 33.5. The molecule has 58 heavy (non-hydrogen) atoms. The first-order chi connectivity index (χ1) is 28.2. The average Bonchev–Trinajstić information content (AvgIpc) is 3.93. The molecule has 2 saturated heterocycles. The third kappa shape index (κ3) is 8.59. The van der Waals surface area contributed by atoms with Crippen LogP contribution < -0.4 is 14.8 Å². The number of aromatic amines is 1. The number of pyridine rings is 1. The van der Waals surface area contributed by atoms with Gasteiger partial charge in [-0.05, 0) is 129 Å². The number of aryl methyl sites for hydroxylation is 1. The fourth-order valence-corrected chi connectivity index (χ4v) is 10.1. The van der Waals surface area contributed by atoms with Gasteiger partial charge in [0.1, 0.15) is 22.8 Å². The van der Waals surface area contributed by atoms with Crippen molar-refractivity contribution in [3.05, 3.63) is 118 Å². The number of amides is 1. The number of rotatable bonds is 13. The molecule has 2 aliphatic heterocycles. The molecule has 0 radical (unpaired) electrons. The number of hydrogen-bond acceptors (Lipinski definition) is 10. The molecule has 14 heteroatoms. The molecule has 0 bridgehead atoms. The minimum absolute atomic E-state index is 0.00826. The van der Waals surface area contributed by atoms with E-state index < -0.39 is 31.4 Å². The van der Waals surface area contributed by atoms with Gasteiger partial charge < -0.3 is 19.8 Å². The Balaban J connectivity index is 1.01. The number of nitrogens with one attached hydrogen (secondary N) is 3. The average molecular weight is 807 g/mol. The number of nitro groups is 1. The fourth-order valence-electron chi connectivity index (χ4n) is 9.07. The molecule has 2 aromatic heterocycles. The lowest BCUT2D eigenvalue weighted by atomic mass is 9.80. The van der Waals surface area contributed by atoms with Crippen molar-refractivity contribution in [1.82, 2.24) is 19.6 Å². The molecule has 3 N–H and O–H groups in total. The Bertz CT molecular complexity index is 2390. The molecule has 1 saturated carbocycles. The van der Waals surface area contributed by atoms with Crippen LogP contribution in [0, 0.1) is 16.0 Å². The molecule has 1 aliphatic carbocycles. The van der Waals surface area contributed by atoms with E-state index in [4.69, 9.17) is 9.47 Å². The maximum absolute atomic E-state index is 13.9. The Hall–Kier alpha value is -5.31. The second kappa shape index (κ2) is 17.3. The molecule has 4 heterocycles. The van der Waals surface area contributed by atoms with E-state index in [9.17, 15) is 23.3 Å². The number of sulfonamides is 1. The molecule has 3 aliphatic rings.